The van der Waals surface area contributed by atoms with Gasteiger partial charge in [-0.25, -0.2) is 0 Å². The summed E-state index contributed by atoms with van der Waals surface area (Å²) in [6, 6.07) is 7.09. The lowest BCUT2D eigenvalue weighted by molar-refractivity contribution is 0.173. The normalized spacial score (nSPS) is 23.0. The molecule has 1 N–H and O–H groups in total. The molecule has 0 aromatic heterocycles. The molecule has 0 heterocycles. The molecule has 118 valence electrons. The molecule has 0 amide bonds. The van der Waals surface area contributed by atoms with Gasteiger partial charge < -0.3 is 10.2 Å². The van der Waals surface area contributed by atoms with Crippen molar-refractivity contribution in [2.24, 2.45) is 11.3 Å². The Kier molecular flexibility index (Phi) is 5.24. The lowest BCUT2D eigenvalue weighted by Gasteiger charge is -2.37. The topological polar surface area (TPSA) is 15.3 Å². The zero-order valence-corrected chi connectivity index (χ0v) is 15.6. The minimum atomic E-state index is 0.454. The highest BCUT2D eigenvalue weighted by Gasteiger charge is 2.29. The van der Waals surface area contributed by atoms with Gasteiger partial charge in [0.1, 0.15) is 0 Å². The van der Waals surface area contributed by atoms with Crippen molar-refractivity contribution in [2.45, 2.75) is 52.5 Å². The fourth-order valence-corrected chi connectivity index (χ4v) is 3.70. The molecule has 0 atom stereocenters. The lowest BCUT2D eigenvalue weighted by Crippen LogP contribution is -2.32. The molecule has 21 heavy (non-hydrogen) atoms. The smallest absolute Gasteiger partial charge is 0.0597 e. The Morgan fingerprint density at radius 2 is 1.71 bits per heavy atom. The van der Waals surface area contributed by atoms with Crippen LogP contribution in [0.15, 0.2) is 22.7 Å². The van der Waals surface area contributed by atoms with Gasteiger partial charge in [-0.3, -0.25) is 0 Å². The monoisotopic (exact) mass is 352 g/mol. The summed E-state index contributed by atoms with van der Waals surface area (Å²) in [4.78, 5) is 2.18. The van der Waals surface area contributed by atoms with Crippen LogP contribution >= 0.6 is 15.9 Å². The van der Waals surface area contributed by atoms with Crippen LogP contribution in [0.2, 0.25) is 0 Å². The van der Waals surface area contributed by atoms with Crippen LogP contribution in [0.4, 0.5) is 11.4 Å². The van der Waals surface area contributed by atoms with Gasteiger partial charge in [0.05, 0.1) is 11.4 Å². The van der Waals surface area contributed by atoms with Gasteiger partial charge in [0.2, 0.25) is 0 Å². The van der Waals surface area contributed by atoms with E-state index in [-0.39, 0.29) is 0 Å². The number of rotatable bonds is 3. The van der Waals surface area contributed by atoms with Crippen LogP contribution in [0.25, 0.3) is 0 Å². The Morgan fingerprint density at radius 3 is 2.24 bits per heavy atom. The molecule has 0 spiro atoms. The zero-order valence-electron chi connectivity index (χ0n) is 14.0. The molecule has 1 fully saturated rings. The van der Waals surface area contributed by atoms with Crippen LogP contribution in [-0.4, -0.2) is 20.1 Å². The highest BCUT2D eigenvalue weighted by atomic mass is 79.9. The van der Waals surface area contributed by atoms with Crippen molar-refractivity contribution in [1.29, 1.82) is 0 Å². The van der Waals surface area contributed by atoms with Gasteiger partial charge in [-0.1, -0.05) is 36.7 Å². The molecule has 1 aromatic carbocycles. The third-order valence-electron chi connectivity index (χ3n) is 4.75. The van der Waals surface area contributed by atoms with E-state index in [1.54, 1.807) is 0 Å². The van der Waals surface area contributed by atoms with E-state index in [2.05, 4.69) is 79.2 Å². The molecule has 1 saturated carbocycles. The summed E-state index contributed by atoms with van der Waals surface area (Å²) in [7, 11) is 4.20. The highest BCUT2D eigenvalue weighted by molar-refractivity contribution is 9.10. The molecule has 3 heteroatoms. The van der Waals surface area contributed by atoms with Crippen molar-refractivity contribution in [3.8, 4) is 0 Å². The second-order valence-electron chi connectivity index (χ2n) is 7.61. The summed E-state index contributed by atoms with van der Waals surface area (Å²) in [5, 5.41) is 3.77. The van der Waals surface area contributed by atoms with Crippen LogP contribution < -0.4 is 10.2 Å². The molecular formula is C18H29BrN2. The van der Waals surface area contributed by atoms with E-state index in [0.29, 0.717) is 11.5 Å². The number of hydrogen-bond donors (Lipinski definition) is 1. The van der Waals surface area contributed by atoms with Gasteiger partial charge in [-0.15, -0.1) is 0 Å². The Balaban J connectivity index is 2.02. The van der Waals surface area contributed by atoms with E-state index < -0.39 is 0 Å². The van der Waals surface area contributed by atoms with E-state index in [4.69, 9.17) is 0 Å². The van der Waals surface area contributed by atoms with Gasteiger partial charge in [0, 0.05) is 24.6 Å². The molecule has 0 saturated heterocycles. The first-order valence-corrected chi connectivity index (χ1v) is 8.80. The summed E-state index contributed by atoms with van der Waals surface area (Å²) < 4.78 is 1.14. The number of nitrogens with zero attached hydrogens (tertiary/aromatic N) is 1. The molecule has 0 bridgehead atoms. The van der Waals surface area contributed by atoms with Crippen molar-refractivity contribution in [3.63, 3.8) is 0 Å². The Labute approximate surface area is 138 Å². The van der Waals surface area contributed by atoms with Gasteiger partial charge in [0.25, 0.3) is 0 Å². The van der Waals surface area contributed by atoms with Crippen molar-refractivity contribution in [2.75, 3.05) is 24.3 Å². The summed E-state index contributed by atoms with van der Waals surface area (Å²) in [6.07, 6.45) is 5.24. The third-order valence-corrected chi connectivity index (χ3v) is 5.25. The van der Waals surface area contributed by atoms with Crippen molar-refractivity contribution in [1.82, 2.24) is 0 Å². The number of hydrogen-bond acceptors (Lipinski definition) is 2. The van der Waals surface area contributed by atoms with Crippen LogP contribution in [0, 0.1) is 11.3 Å². The SMILES string of the molecule is CN(C)c1ccc(Br)cc1NC1CCC(C(C)(C)C)CC1. The predicted molar refractivity (Wildman–Crippen MR) is 97.3 cm³/mol. The highest BCUT2D eigenvalue weighted by Crippen LogP contribution is 2.39. The van der Waals surface area contributed by atoms with Gasteiger partial charge >= 0.3 is 0 Å². The molecule has 1 aliphatic carbocycles. The van der Waals surface area contributed by atoms with Crippen LogP contribution in [0.1, 0.15) is 46.5 Å². The quantitative estimate of drug-likeness (QED) is 0.768. The fourth-order valence-electron chi connectivity index (χ4n) is 3.34. The molecule has 1 aliphatic rings. The first-order valence-electron chi connectivity index (χ1n) is 8.01. The summed E-state index contributed by atoms with van der Waals surface area (Å²) in [5.74, 6) is 0.867. The van der Waals surface area contributed by atoms with E-state index >= 15 is 0 Å². The molecule has 0 aliphatic heterocycles. The number of benzene rings is 1. The second kappa shape index (κ2) is 6.60. The Hall–Kier alpha value is -0.700. The molecule has 0 radical (unpaired) electrons. The van der Waals surface area contributed by atoms with Crippen LogP contribution in [0.5, 0.6) is 0 Å². The largest absolute Gasteiger partial charge is 0.381 e. The predicted octanol–water partition coefficient (Wildman–Crippen LogP) is 5.53. The minimum absolute atomic E-state index is 0.454. The number of anilines is 2. The summed E-state index contributed by atoms with van der Waals surface area (Å²) >= 11 is 3.59. The molecule has 0 unspecified atom stereocenters. The van der Waals surface area contributed by atoms with Crippen LogP contribution in [0.3, 0.4) is 0 Å². The second-order valence-corrected chi connectivity index (χ2v) is 8.53. The van der Waals surface area contributed by atoms with Gasteiger partial charge in [-0.05, 0) is 55.2 Å². The van der Waals surface area contributed by atoms with E-state index in [9.17, 15) is 0 Å². The van der Waals surface area contributed by atoms with Crippen molar-refractivity contribution < 1.29 is 0 Å². The van der Waals surface area contributed by atoms with E-state index in [0.717, 1.165) is 10.4 Å². The third kappa shape index (κ3) is 4.38. The lowest BCUT2D eigenvalue weighted by atomic mass is 9.71. The summed E-state index contributed by atoms with van der Waals surface area (Å²) in [5.41, 5.74) is 2.96. The maximum Gasteiger partial charge on any atom is 0.0597 e. The van der Waals surface area contributed by atoms with Gasteiger partial charge in [-0.2, -0.15) is 0 Å². The molecule has 2 rings (SSSR count). The average Bonchev–Trinajstić information content (AvgIpc) is 2.38. The molecular weight excluding hydrogens is 324 g/mol. The van der Waals surface area contributed by atoms with Crippen LogP contribution in [-0.2, 0) is 0 Å². The zero-order chi connectivity index (χ0) is 15.6. The molecule has 1 aromatic rings. The molecule has 2 nitrogen and oxygen atoms in total. The first kappa shape index (κ1) is 16.7. The Bertz CT molecular complexity index is 469. The number of halogens is 1. The maximum absolute atomic E-state index is 3.77. The number of nitrogens with one attached hydrogen (secondary N) is 1. The van der Waals surface area contributed by atoms with Crippen molar-refractivity contribution in [3.05, 3.63) is 22.7 Å². The first-order chi connectivity index (χ1) is 9.77. The van der Waals surface area contributed by atoms with Crippen molar-refractivity contribution >= 4 is 27.3 Å². The summed E-state index contributed by atoms with van der Waals surface area (Å²) in [6.45, 7) is 7.14. The van der Waals surface area contributed by atoms with Gasteiger partial charge in [0.15, 0.2) is 0 Å². The Morgan fingerprint density at radius 1 is 1.10 bits per heavy atom. The standard InChI is InChI=1S/C18H29BrN2/c1-18(2,3)13-6-9-15(10-7-13)20-16-12-14(19)8-11-17(16)21(4)5/h8,11-13,15,20H,6-7,9-10H2,1-5H3. The average molecular weight is 353 g/mol. The minimum Gasteiger partial charge on any atom is -0.381 e. The van der Waals surface area contributed by atoms with E-state index in [1.165, 1.54) is 37.1 Å². The maximum atomic E-state index is 3.77. The van der Waals surface area contributed by atoms with E-state index in [1.807, 2.05) is 0 Å². The fraction of sp³-hybridized carbons (Fsp3) is 0.667.